The molecular formula is C16H16NO7S-. The predicted octanol–water partition coefficient (Wildman–Crippen LogP) is 0.889. The number of carboxylic acids is 1. The molecule has 2 rings (SSSR count). The van der Waals surface area contributed by atoms with Gasteiger partial charge in [0.15, 0.2) is 11.5 Å². The molecule has 0 radical (unpaired) electrons. The number of imide groups is 1. The van der Waals surface area contributed by atoms with Crippen LogP contribution >= 0.6 is 11.8 Å². The number of hydrogen-bond donors (Lipinski definition) is 0. The average molecular weight is 366 g/mol. The summed E-state index contributed by atoms with van der Waals surface area (Å²) in [6.45, 7) is -0.223. The van der Waals surface area contributed by atoms with Crippen LogP contribution in [0.4, 0.5) is 4.79 Å². The van der Waals surface area contributed by atoms with Crippen LogP contribution < -0.4 is 19.3 Å². The van der Waals surface area contributed by atoms with Gasteiger partial charge in [-0.1, -0.05) is 0 Å². The van der Waals surface area contributed by atoms with Gasteiger partial charge in [0.2, 0.25) is 5.75 Å². The molecule has 0 N–H and O–H groups in total. The number of carboxylic acid groups (broad SMARTS) is 1. The van der Waals surface area contributed by atoms with E-state index in [1.165, 1.54) is 27.4 Å². The molecule has 1 heterocycles. The van der Waals surface area contributed by atoms with Crippen LogP contribution in [0.25, 0.3) is 6.08 Å². The van der Waals surface area contributed by atoms with Crippen molar-refractivity contribution < 1.29 is 33.7 Å². The van der Waals surface area contributed by atoms with Crippen molar-refractivity contribution in [1.82, 2.24) is 4.90 Å². The molecule has 0 bridgehead atoms. The van der Waals surface area contributed by atoms with Gasteiger partial charge in [0.1, 0.15) is 0 Å². The Balaban J connectivity index is 2.32. The van der Waals surface area contributed by atoms with Crippen molar-refractivity contribution in [3.8, 4) is 17.2 Å². The van der Waals surface area contributed by atoms with Crippen molar-refractivity contribution in [3.63, 3.8) is 0 Å². The lowest BCUT2D eigenvalue weighted by atomic mass is 10.1. The molecule has 1 aromatic carbocycles. The number of benzene rings is 1. The Bertz CT molecular complexity index is 719. The van der Waals surface area contributed by atoms with Crippen molar-refractivity contribution >= 4 is 35.0 Å². The number of aliphatic carboxylic acids is 1. The zero-order valence-corrected chi connectivity index (χ0v) is 14.7. The van der Waals surface area contributed by atoms with Crippen LogP contribution in [-0.2, 0) is 9.59 Å². The Morgan fingerprint density at radius 3 is 2.24 bits per heavy atom. The van der Waals surface area contributed by atoms with Crippen molar-refractivity contribution in [3.05, 3.63) is 22.6 Å². The van der Waals surface area contributed by atoms with Crippen LogP contribution in [0.2, 0.25) is 0 Å². The van der Waals surface area contributed by atoms with E-state index in [2.05, 4.69) is 0 Å². The zero-order valence-electron chi connectivity index (χ0n) is 13.9. The lowest BCUT2D eigenvalue weighted by Gasteiger charge is -2.13. The van der Waals surface area contributed by atoms with Crippen LogP contribution in [0.5, 0.6) is 17.2 Å². The number of nitrogens with zero attached hydrogens (tertiary/aromatic N) is 1. The lowest BCUT2D eigenvalue weighted by molar-refractivity contribution is -0.305. The van der Waals surface area contributed by atoms with Gasteiger partial charge in [-0.25, -0.2) is 0 Å². The first kappa shape index (κ1) is 18.7. The van der Waals surface area contributed by atoms with Gasteiger partial charge in [-0.05, 0) is 35.5 Å². The summed E-state index contributed by atoms with van der Waals surface area (Å²) in [6.07, 6.45) is 1.10. The molecule has 8 nitrogen and oxygen atoms in total. The largest absolute Gasteiger partial charge is 0.550 e. The maximum Gasteiger partial charge on any atom is 0.293 e. The van der Waals surface area contributed by atoms with Gasteiger partial charge in [0.25, 0.3) is 11.1 Å². The van der Waals surface area contributed by atoms with Gasteiger partial charge in [0, 0.05) is 18.9 Å². The third-order valence-electron chi connectivity index (χ3n) is 3.40. The van der Waals surface area contributed by atoms with Crippen molar-refractivity contribution in [1.29, 1.82) is 0 Å². The summed E-state index contributed by atoms with van der Waals surface area (Å²) in [5.41, 5.74) is 0.569. The van der Waals surface area contributed by atoms with E-state index in [4.69, 9.17) is 14.2 Å². The first-order valence-electron chi connectivity index (χ1n) is 7.16. The SMILES string of the molecule is COc1cc(/C=C2/SC(=O)N(CCC(=O)[O-])C2=O)cc(OC)c1OC. The van der Waals surface area contributed by atoms with Gasteiger partial charge in [-0.3, -0.25) is 14.5 Å². The van der Waals surface area contributed by atoms with Gasteiger partial charge in [0.05, 0.1) is 26.2 Å². The molecule has 0 aromatic heterocycles. The minimum atomic E-state index is -1.33. The fourth-order valence-electron chi connectivity index (χ4n) is 2.23. The maximum atomic E-state index is 12.3. The van der Waals surface area contributed by atoms with Crippen LogP contribution in [-0.4, -0.2) is 49.9 Å². The summed E-state index contributed by atoms with van der Waals surface area (Å²) in [5.74, 6) is -0.657. The highest BCUT2D eigenvalue weighted by Gasteiger charge is 2.34. The summed E-state index contributed by atoms with van der Waals surface area (Å²) in [6, 6.07) is 3.27. The Morgan fingerprint density at radius 2 is 1.76 bits per heavy atom. The zero-order chi connectivity index (χ0) is 18.6. The fourth-order valence-corrected chi connectivity index (χ4v) is 3.10. The van der Waals surface area contributed by atoms with E-state index >= 15 is 0 Å². The van der Waals surface area contributed by atoms with E-state index < -0.39 is 23.5 Å². The molecule has 9 heteroatoms. The van der Waals surface area contributed by atoms with Crippen LogP contribution in [0.3, 0.4) is 0 Å². The molecule has 1 fully saturated rings. The molecule has 134 valence electrons. The van der Waals surface area contributed by atoms with Crippen LogP contribution in [0, 0.1) is 0 Å². The number of ether oxygens (including phenoxy) is 3. The summed E-state index contributed by atoms with van der Waals surface area (Å²) in [7, 11) is 4.41. The standard InChI is InChI=1S/C16H17NO7S/c1-22-10-6-9(7-11(23-2)14(10)24-3)8-12-15(20)17(16(21)25-12)5-4-13(18)19/h6-8H,4-5H2,1-3H3,(H,18,19)/p-1/b12-8+. The quantitative estimate of drug-likeness (QED) is 0.655. The second-order valence-corrected chi connectivity index (χ2v) is 5.91. The van der Waals surface area contributed by atoms with E-state index in [0.717, 1.165) is 16.7 Å². The highest BCUT2D eigenvalue weighted by Crippen LogP contribution is 2.40. The Morgan fingerprint density at radius 1 is 1.16 bits per heavy atom. The highest BCUT2D eigenvalue weighted by molar-refractivity contribution is 8.18. The smallest absolute Gasteiger partial charge is 0.293 e. The van der Waals surface area contributed by atoms with Crippen LogP contribution in [0.1, 0.15) is 12.0 Å². The number of amides is 2. The highest BCUT2D eigenvalue weighted by atomic mass is 32.2. The van der Waals surface area contributed by atoms with Crippen LogP contribution in [0.15, 0.2) is 17.0 Å². The Hall–Kier alpha value is -2.68. The van der Waals surface area contributed by atoms with Gasteiger partial charge < -0.3 is 24.1 Å². The Labute approximate surface area is 148 Å². The number of hydrogen-bond acceptors (Lipinski definition) is 8. The molecule has 2 amide bonds. The third kappa shape index (κ3) is 4.05. The minimum absolute atomic E-state index is 0.178. The molecule has 25 heavy (non-hydrogen) atoms. The molecule has 1 aromatic rings. The van der Waals surface area contributed by atoms with Gasteiger partial charge in [-0.15, -0.1) is 0 Å². The molecule has 0 atom stereocenters. The number of methoxy groups -OCH3 is 3. The normalized spacial score (nSPS) is 15.6. The summed E-state index contributed by atoms with van der Waals surface area (Å²) in [4.78, 5) is 35.7. The van der Waals surface area contributed by atoms with E-state index in [0.29, 0.717) is 22.8 Å². The molecule has 0 saturated carbocycles. The topological polar surface area (TPSA) is 105 Å². The second-order valence-electron chi connectivity index (χ2n) is 4.91. The summed E-state index contributed by atoms with van der Waals surface area (Å²) in [5, 5.41) is 10.00. The van der Waals surface area contributed by atoms with Crippen molar-refractivity contribution in [2.45, 2.75) is 6.42 Å². The molecule has 0 unspecified atom stereocenters. The summed E-state index contributed by atoms with van der Waals surface area (Å²) >= 11 is 0.737. The Kier molecular flexibility index (Phi) is 5.92. The van der Waals surface area contributed by atoms with Gasteiger partial charge in [-0.2, -0.15) is 0 Å². The van der Waals surface area contributed by atoms with Crippen molar-refractivity contribution in [2.24, 2.45) is 0 Å². The van der Waals surface area contributed by atoms with E-state index in [-0.39, 0.29) is 11.4 Å². The number of carbonyl (C=O) groups is 3. The number of rotatable bonds is 7. The average Bonchev–Trinajstić information content (AvgIpc) is 2.85. The first-order chi connectivity index (χ1) is 11.9. The molecule has 0 spiro atoms. The third-order valence-corrected chi connectivity index (χ3v) is 4.31. The predicted molar refractivity (Wildman–Crippen MR) is 88.4 cm³/mol. The molecular weight excluding hydrogens is 350 g/mol. The van der Waals surface area contributed by atoms with E-state index in [9.17, 15) is 19.5 Å². The number of carbonyl (C=O) groups excluding carboxylic acids is 3. The fraction of sp³-hybridized carbons (Fsp3) is 0.312. The molecule has 1 aliphatic rings. The monoisotopic (exact) mass is 366 g/mol. The summed E-state index contributed by atoms with van der Waals surface area (Å²) < 4.78 is 15.7. The van der Waals surface area contributed by atoms with E-state index in [1.54, 1.807) is 12.1 Å². The maximum absolute atomic E-state index is 12.3. The minimum Gasteiger partial charge on any atom is -0.550 e. The molecule has 1 aliphatic heterocycles. The molecule has 0 aliphatic carbocycles. The second kappa shape index (κ2) is 7.93. The number of thioether (sulfide) groups is 1. The van der Waals surface area contributed by atoms with Crippen molar-refractivity contribution in [2.75, 3.05) is 27.9 Å². The lowest BCUT2D eigenvalue weighted by Crippen LogP contribution is -2.33. The molecule has 1 saturated heterocycles. The van der Waals surface area contributed by atoms with E-state index in [1.807, 2.05) is 0 Å². The first-order valence-corrected chi connectivity index (χ1v) is 7.98. The van der Waals surface area contributed by atoms with Gasteiger partial charge >= 0.3 is 0 Å².